The van der Waals surface area contributed by atoms with Gasteiger partial charge in [0.2, 0.25) is 0 Å². The number of aryl methyl sites for hydroxylation is 1. The van der Waals surface area contributed by atoms with E-state index in [1.807, 2.05) is 79.0 Å². The molecule has 0 radical (unpaired) electrons. The number of ether oxygens (including phenoxy) is 1. The summed E-state index contributed by atoms with van der Waals surface area (Å²) >= 11 is 1.59. The number of anilines is 1. The number of carbonyl (C=O) groups excluding carboxylic acids is 1. The second-order valence-electron chi connectivity index (χ2n) is 6.32. The van der Waals surface area contributed by atoms with Crippen LogP contribution in [0, 0.1) is 6.92 Å². The lowest BCUT2D eigenvalue weighted by atomic mass is 10.2. The molecule has 2 heterocycles. The van der Waals surface area contributed by atoms with Gasteiger partial charge in [-0.3, -0.25) is 4.79 Å². The van der Waals surface area contributed by atoms with Crippen molar-refractivity contribution in [3.05, 3.63) is 83.4 Å². The first kappa shape index (κ1) is 18.0. The molecule has 28 heavy (non-hydrogen) atoms. The zero-order chi connectivity index (χ0) is 19.5. The minimum atomic E-state index is -0.213. The van der Waals surface area contributed by atoms with Gasteiger partial charge in [0.25, 0.3) is 5.91 Å². The topological polar surface area (TPSA) is 56.2 Å². The van der Waals surface area contributed by atoms with Gasteiger partial charge >= 0.3 is 0 Å². The highest BCUT2D eigenvalue weighted by atomic mass is 32.1. The molecule has 0 aliphatic heterocycles. The number of carbonyl (C=O) groups is 1. The lowest BCUT2D eigenvalue weighted by Gasteiger charge is -2.09. The number of rotatable bonds is 5. The number of hydrogen-bond donors (Lipinski definition) is 1. The van der Waals surface area contributed by atoms with E-state index in [0.29, 0.717) is 5.69 Å². The Labute approximate surface area is 167 Å². The molecule has 140 valence electrons. The number of methoxy groups -OCH3 is 1. The number of amides is 1. The molecule has 0 fully saturated rings. The Balaban J connectivity index is 1.73. The van der Waals surface area contributed by atoms with Crippen LogP contribution in [-0.2, 0) is 0 Å². The van der Waals surface area contributed by atoms with Crippen molar-refractivity contribution in [3.8, 4) is 22.0 Å². The van der Waals surface area contributed by atoms with Gasteiger partial charge in [0, 0.05) is 5.69 Å². The molecule has 1 amide bonds. The Kier molecular flexibility index (Phi) is 4.95. The molecule has 4 rings (SSSR count). The molecule has 0 saturated heterocycles. The minimum absolute atomic E-state index is 0.213. The normalized spacial score (nSPS) is 10.6. The predicted octanol–water partition coefficient (Wildman–Crippen LogP) is 5.17. The molecule has 5 nitrogen and oxygen atoms in total. The van der Waals surface area contributed by atoms with Gasteiger partial charge in [0.15, 0.2) is 0 Å². The van der Waals surface area contributed by atoms with Crippen LogP contribution in [0.3, 0.4) is 0 Å². The molecule has 1 N–H and O–H groups in total. The second-order valence-corrected chi connectivity index (χ2v) is 7.27. The quantitative estimate of drug-likeness (QED) is 0.512. The highest BCUT2D eigenvalue weighted by molar-refractivity contribution is 7.13. The number of nitrogens with zero attached hydrogens (tertiary/aromatic N) is 2. The number of nitrogens with one attached hydrogen (secondary N) is 1. The first-order valence-electron chi connectivity index (χ1n) is 8.80. The number of thiophene rings is 1. The summed E-state index contributed by atoms with van der Waals surface area (Å²) in [4.78, 5) is 14.0. The molecule has 0 aliphatic rings. The zero-order valence-electron chi connectivity index (χ0n) is 15.5. The van der Waals surface area contributed by atoms with Gasteiger partial charge in [-0.05, 0) is 60.8 Å². The van der Waals surface area contributed by atoms with Crippen LogP contribution in [0.5, 0.6) is 5.75 Å². The molecular weight excluding hydrogens is 370 g/mol. The summed E-state index contributed by atoms with van der Waals surface area (Å²) < 4.78 is 6.89. The smallest absolute Gasteiger partial charge is 0.274 e. The second kappa shape index (κ2) is 7.70. The van der Waals surface area contributed by atoms with Gasteiger partial charge in [-0.1, -0.05) is 23.8 Å². The Morgan fingerprint density at radius 3 is 2.46 bits per heavy atom. The van der Waals surface area contributed by atoms with Crippen molar-refractivity contribution < 1.29 is 9.53 Å². The predicted molar refractivity (Wildman–Crippen MR) is 113 cm³/mol. The lowest BCUT2D eigenvalue weighted by molar-refractivity contribution is 0.101. The molecule has 0 unspecified atom stereocenters. The van der Waals surface area contributed by atoms with Crippen molar-refractivity contribution in [2.75, 3.05) is 12.4 Å². The number of hydrogen-bond acceptors (Lipinski definition) is 4. The van der Waals surface area contributed by atoms with Crippen LogP contribution in [0.1, 0.15) is 16.1 Å². The molecule has 0 spiro atoms. The van der Waals surface area contributed by atoms with E-state index in [9.17, 15) is 4.79 Å². The third-order valence-electron chi connectivity index (χ3n) is 4.34. The largest absolute Gasteiger partial charge is 0.497 e. The average Bonchev–Trinajstić information content (AvgIpc) is 3.39. The van der Waals surface area contributed by atoms with E-state index in [0.717, 1.165) is 33.3 Å². The van der Waals surface area contributed by atoms with Crippen LogP contribution < -0.4 is 10.1 Å². The van der Waals surface area contributed by atoms with Crippen molar-refractivity contribution in [1.29, 1.82) is 0 Å². The van der Waals surface area contributed by atoms with E-state index in [-0.39, 0.29) is 5.91 Å². The van der Waals surface area contributed by atoms with Gasteiger partial charge in [0.1, 0.15) is 17.1 Å². The highest BCUT2D eigenvalue weighted by Gasteiger charge is 2.18. The van der Waals surface area contributed by atoms with Gasteiger partial charge < -0.3 is 10.1 Å². The summed E-state index contributed by atoms with van der Waals surface area (Å²) in [6.45, 7) is 2.01. The molecule has 4 aromatic rings. The van der Waals surface area contributed by atoms with Gasteiger partial charge in [0.05, 0.1) is 17.7 Å². The van der Waals surface area contributed by atoms with Crippen LogP contribution in [0.15, 0.2) is 72.1 Å². The molecule has 0 aliphatic carbocycles. The first-order chi connectivity index (χ1) is 13.6. The van der Waals surface area contributed by atoms with Crippen molar-refractivity contribution in [3.63, 3.8) is 0 Å². The van der Waals surface area contributed by atoms with Crippen LogP contribution in [-0.4, -0.2) is 22.8 Å². The lowest BCUT2D eigenvalue weighted by Crippen LogP contribution is -2.16. The van der Waals surface area contributed by atoms with E-state index >= 15 is 0 Å². The maximum atomic E-state index is 13.0. The number of benzene rings is 2. The molecule has 0 saturated carbocycles. The third-order valence-corrected chi connectivity index (χ3v) is 5.23. The van der Waals surface area contributed by atoms with E-state index < -0.39 is 0 Å². The fourth-order valence-corrected chi connectivity index (χ4v) is 3.52. The first-order valence-corrected chi connectivity index (χ1v) is 9.68. The fraction of sp³-hybridized carbons (Fsp3) is 0.0909. The summed E-state index contributed by atoms with van der Waals surface area (Å²) in [7, 11) is 1.62. The van der Waals surface area contributed by atoms with Crippen molar-refractivity contribution in [2.45, 2.75) is 6.92 Å². The average molecular weight is 389 g/mol. The molecule has 0 atom stereocenters. The summed E-state index contributed by atoms with van der Waals surface area (Å²) in [6.07, 6.45) is 0. The van der Waals surface area contributed by atoms with Crippen LogP contribution in [0.2, 0.25) is 0 Å². The minimum Gasteiger partial charge on any atom is -0.497 e. The van der Waals surface area contributed by atoms with Crippen LogP contribution >= 0.6 is 11.3 Å². The molecule has 6 heteroatoms. The third kappa shape index (κ3) is 3.68. The molecule has 0 bridgehead atoms. The number of aromatic nitrogens is 2. The molecule has 2 aromatic heterocycles. The highest BCUT2D eigenvalue weighted by Crippen LogP contribution is 2.27. The van der Waals surface area contributed by atoms with E-state index in [2.05, 4.69) is 10.4 Å². The van der Waals surface area contributed by atoms with Crippen LogP contribution in [0.4, 0.5) is 5.69 Å². The van der Waals surface area contributed by atoms with E-state index in [1.165, 1.54) is 0 Å². The van der Waals surface area contributed by atoms with Crippen molar-refractivity contribution >= 4 is 22.9 Å². The Morgan fingerprint density at radius 1 is 1.07 bits per heavy atom. The van der Waals surface area contributed by atoms with E-state index in [1.54, 1.807) is 23.1 Å². The Bertz CT molecular complexity index is 1080. The molecular formula is C22H19N3O2S. The molecule has 2 aromatic carbocycles. The maximum absolute atomic E-state index is 13.0. The van der Waals surface area contributed by atoms with E-state index in [4.69, 9.17) is 4.74 Å². The monoisotopic (exact) mass is 389 g/mol. The van der Waals surface area contributed by atoms with Gasteiger partial charge in [-0.25, -0.2) is 4.68 Å². The summed E-state index contributed by atoms with van der Waals surface area (Å²) in [5.41, 5.74) is 3.91. The zero-order valence-corrected chi connectivity index (χ0v) is 16.4. The summed E-state index contributed by atoms with van der Waals surface area (Å²) in [5.74, 6) is 0.537. The maximum Gasteiger partial charge on any atom is 0.274 e. The summed E-state index contributed by atoms with van der Waals surface area (Å²) in [5, 5.41) is 9.63. The fourth-order valence-electron chi connectivity index (χ4n) is 2.84. The van der Waals surface area contributed by atoms with Crippen molar-refractivity contribution in [2.24, 2.45) is 0 Å². The summed E-state index contributed by atoms with van der Waals surface area (Å²) in [6, 6.07) is 21.0. The SMILES string of the molecule is COc1ccc(-n2nc(-c3cccs3)cc2C(=O)Nc2ccc(C)cc2)cc1. The van der Waals surface area contributed by atoms with Gasteiger partial charge in [-0.15, -0.1) is 11.3 Å². The van der Waals surface area contributed by atoms with Crippen LogP contribution in [0.25, 0.3) is 16.3 Å². The Hall–Kier alpha value is -3.38. The van der Waals surface area contributed by atoms with Gasteiger partial charge in [-0.2, -0.15) is 5.10 Å². The Morgan fingerprint density at radius 2 is 1.82 bits per heavy atom. The van der Waals surface area contributed by atoms with Crippen molar-refractivity contribution in [1.82, 2.24) is 9.78 Å². The standard InChI is InChI=1S/C22H19N3O2S/c1-15-5-7-16(8-6-15)23-22(26)20-14-19(21-4-3-13-28-21)24-25(20)17-9-11-18(27-2)12-10-17/h3-14H,1-2H3,(H,23,26).